The Kier molecular flexibility index (Phi) is 5.06. The van der Waals surface area contributed by atoms with Gasteiger partial charge in [-0.25, -0.2) is 9.59 Å². The fraction of sp³-hybridized carbons (Fsp3) is 0.471. The van der Waals surface area contributed by atoms with Gasteiger partial charge in [0.25, 0.3) is 0 Å². The second-order valence-electron chi connectivity index (χ2n) is 6.26. The lowest BCUT2D eigenvalue weighted by atomic mass is 10.0. The molecular weight excluding hydrogens is 324 g/mol. The molecule has 0 radical (unpaired) electrons. The summed E-state index contributed by atoms with van der Waals surface area (Å²) in [5.41, 5.74) is 1.60. The minimum atomic E-state index is -0.862. The number of aromatic nitrogens is 2. The van der Waals surface area contributed by atoms with Gasteiger partial charge in [0.15, 0.2) is 0 Å². The van der Waals surface area contributed by atoms with Crippen molar-refractivity contribution in [2.24, 2.45) is 0 Å². The average molecular weight is 346 g/mol. The lowest BCUT2D eigenvalue weighted by molar-refractivity contribution is -0.137. The normalized spacial score (nSPS) is 15.4. The molecule has 25 heavy (non-hydrogen) atoms. The van der Waals surface area contributed by atoms with Crippen LogP contribution in [0.2, 0.25) is 0 Å². The highest BCUT2D eigenvalue weighted by Gasteiger charge is 2.25. The molecule has 1 aromatic carbocycles. The summed E-state index contributed by atoms with van der Waals surface area (Å²) in [6.07, 6.45) is 1.89. The maximum absolute atomic E-state index is 12.2. The molecule has 1 aliphatic rings. The molecule has 2 heterocycles. The highest BCUT2D eigenvalue weighted by molar-refractivity contribution is 5.75. The number of aromatic amines is 1. The van der Waals surface area contributed by atoms with Crippen LogP contribution in [0, 0.1) is 0 Å². The van der Waals surface area contributed by atoms with Gasteiger partial charge in [0.2, 0.25) is 0 Å². The predicted molar refractivity (Wildman–Crippen MR) is 92.7 cm³/mol. The van der Waals surface area contributed by atoms with Crippen LogP contribution in [0.4, 0.5) is 4.79 Å². The fourth-order valence-electron chi connectivity index (χ4n) is 3.31. The highest BCUT2D eigenvalue weighted by Crippen LogP contribution is 2.24. The summed E-state index contributed by atoms with van der Waals surface area (Å²) in [5.74, 6) is -0.862. The van der Waals surface area contributed by atoms with Crippen molar-refractivity contribution in [2.75, 3.05) is 19.6 Å². The maximum Gasteiger partial charge on any atom is 0.326 e. The molecule has 134 valence electrons. The van der Waals surface area contributed by atoms with Gasteiger partial charge in [-0.1, -0.05) is 12.1 Å². The zero-order chi connectivity index (χ0) is 17.8. The van der Waals surface area contributed by atoms with Crippen LogP contribution in [0.15, 0.2) is 29.1 Å². The van der Waals surface area contributed by atoms with Gasteiger partial charge in [0.1, 0.15) is 0 Å². The van der Waals surface area contributed by atoms with E-state index >= 15 is 0 Å². The van der Waals surface area contributed by atoms with Gasteiger partial charge >= 0.3 is 17.7 Å². The van der Waals surface area contributed by atoms with Crippen LogP contribution in [0.5, 0.6) is 0 Å². The number of amides is 2. The molecule has 1 saturated heterocycles. The van der Waals surface area contributed by atoms with Crippen molar-refractivity contribution in [3.05, 3.63) is 34.7 Å². The third kappa shape index (κ3) is 3.84. The average Bonchev–Trinajstić information content (AvgIpc) is 2.94. The Morgan fingerprint density at radius 1 is 1.24 bits per heavy atom. The number of carboxylic acid groups (broad SMARTS) is 1. The quantitative estimate of drug-likeness (QED) is 0.714. The monoisotopic (exact) mass is 346 g/mol. The van der Waals surface area contributed by atoms with Crippen molar-refractivity contribution in [3.63, 3.8) is 0 Å². The summed E-state index contributed by atoms with van der Waals surface area (Å²) in [7, 11) is 0. The molecule has 8 heteroatoms. The zero-order valence-electron chi connectivity index (χ0n) is 13.9. The molecule has 1 fully saturated rings. The Morgan fingerprint density at radius 3 is 2.68 bits per heavy atom. The van der Waals surface area contributed by atoms with Gasteiger partial charge in [-0.3, -0.25) is 9.36 Å². The van der Waals surface area contributed by atoms with E-state index in [0.717, 1.165) is 11.0 Å². The number of aliphatic carboxylic acids is 1. The van der Waals surface area contributed by atoms with Crippen molar-refractivity contribution in [2.45, 2.75) is 31.7 Å². The van der Waals surface area contributed by atoms with E-state index in [1.807, 2.05) is 24.3 Å². The third-order valence-corrected chi connectivity index (χ3v) is 4.58. The number of carbonyl (C=O) groups is 2. The van der Waals surface area contributed by atoms with E-state index in [-0.39, 0.29) is 24.2 Å². The van der Waals surface area contributed by atoms with Crippen molar-refractivity contribution < 1.29 is 14.7 Å². The number of benzene rings is 1. The van der Waals surface area contributed by atoms with Crippen molar-refractivity contribution in [1.82, 2.24) is 19.8 Å². The van der Waals surface area contributed by atoms with E-state index in [0.29, 0.717) is 38.9 Å². The number of H-pyrrole nitrogens is 1. The van der Waals surface area contributed by atoms with E-state index in [1.165, 1.54) is 0 Å². The van der Waals surface area contributed by atoms with E-state index in [1.54, 1.807) is 9.47 Å². The number of urea groups is 1. The summed E-state index contributed by atoms with van der Waals surface area (Å²) in [6.45, 7) is 1.50. The van der Waals surface area contributed by atoms with Crippen LogP contribution >= 0.6 is 0 Å². The Hall–Kier alpha value is -2.77. The molecule has 2 aromatic rings. The number of hydrogen-bond donors (Lipinski definition) is 3. The maximum atomic E-state index is 12.2. The lowest BCUT2D eigenvalue weighted by Crippen LogP contribution is -2.45. The van der Waals surface area contributed by atoms with Gasteiger partial charge < -0.3 is 20.3 Å². The Bertz CT molecular complexity index is 817. The minimum Gasteiger partial charge on any atom is -0.481 e. The van der Waals surface area contributed by atoms with Gasteiger partial charge in [-0.05, 0) is 31.4 Å². The molecule has 3 N–H and O–H groups in total. The smallest absolute Gasteiger partial charge is 0.326 e. The second-order valence-corrected chi connectivity index (χ2v) is 6.26. The van der Waals surface area contributed by atoms with Gasteiger partial charge in [0, 0.05) is 32.1 Å². The molecule has 8 nitrogen and oxygen atoms in total. The summed E-state index contributed by atoms with van der Waals surface area (Å²) >= 11 is 0. The van der Waals surface area contributed by atoms with Crippen molar-refractivity contribution in [1.29, 1.82) is 0 Å². The number of para-hydroxylation sites is 2. The summed E-state index contributed by atoms with van der Waals surface area (Å²) in [4.78, 5) is 39.4. The fourth-order valence-corrected chi connectivity index (χ4v) is 3.31. The first-order chi connectivity index (χ1) is 12.1. The third-order valence-electron chi connectivity index (χ3n) is 4.58. The molecule has 0 bridgehead atoms. The molecule has 0 unspecified atom stereocenters. The molecule has 2 amide bonds. The number of carbonyl (C=O) groups excluding carboxylic acids is 1. The zero-order valence-corrected chi connectivity index (χ0v) is 13.9. The number of carboxylic acids is 1. The molecular formula is C17H22N4O4. The minimum absolute atomic E-state index is 0.0475. The topological polar surface area (TPSA) is 107 Å². The molecule has 1 aliphatic heterocycles. The molecule has 0 aliphatic carbocycles. The number of nitrogens with zero attached hydrogens (tertiary/aromatic N) is 2. The summed E-state index contributed by atoms with van der Waals surface area (Å²) in [6, 6.07) is 7.50. The number of nitrogens with one attached hydrogen (secondary N) is 2. The second kappa shape index (κ2) is 7.42. The van der Waals surface area contributed by atoms with Crippen LogP contribution in [0.25, 0.3) is 11.0 Å². The van der Waals surface area contributed by atoms with Crippen LogP contribution in [-0.2, 0) is 4.79 Å². The van der Waals surface area contributed by atoms with Crippen LogP contribution in [-0.4, -0.2) is 51.2 Å². The largest absolute Gasteiger partial charge is 0.481 e. The first-order valence-corrected chi connectivity index (χ1v) is 8.50. The molecule has 1 aromatic heterocycles. The molecule has 0 saturated carbocycles. The Labute approximate surface area is 144 Å². The van der Waals surface area contributed by atoms with Gasteiger partial charge in [-0.2, -0.15) is 0 Å². The van der Waals surface area contributed by atoms with Crippen LogP contribution in [0.3, 0.4) is 0 Å². The predicted octanol–water partition coefficient (Wildman–Crippen LogP) is 1.54. The van der Waals surface area contributed by atoms with E-state index < -0.39 is 5.97 Å². The standard InChI is InChI=1S/C17H22N4O4/c22-15(23)6-3-9-18-16(24)20-10-7-12(8-11-20)21-14-5-2-1-4-13(14)19-17(21)25/h1-2,4-5,12H,3,6-11H2,(H,18,24)(H,19,25)(H,22,23). The van der Waals surface area contributed by atoms with E-state index in [4.69, 9.17) is 5.11 Å². The first-order valence-electron chi connectivity index (χ1n) is 8.50. The first kappa shape index (κ1) is 17.1. The van der Waals surface area contributed by atoms with E-state index in [9.17, 15) is 14.4 Å². The number of likely N-dealkylation sites (tertiary alicyclic amines) is 1. The lowest BCUT2D eigenvalue weighted by Gasteiger charge is -2.32. The Balaban J connectivity index is 1.56. The number of hydrogen-bond acceptors (Lipinski definition) is 3. The summed E-state index contributed by atoms with van der Waals surface area (Å²) < 4.78 is 1.79. The number of imidazole rings is 1. The van der Waals surface area contributed by atoms with Crippen molar-refractivity contribution in [3.8, 4) is 0 Å². The molecule has 0 spiro atoms. The number of fused-ring (bicyclic) bond motifs is 1. The molecule has 0 atom stereocenters. The van der Waals surface area contributed by atoms with Crippen molar-refractivity contribution >= 4 is 23.0 Å². The highest BCUT2D eigenvalue weighted by atomic mass is 16.4. The summed E-state index contributed by atoms with van der Waals surface area (Å²) in [5, 5.41) is 11.3. The molecule has 3 rings (SSSR count). The van der Waals surface area contributed by atoms with Crippen LogP contribution in [0.1, 0.15) is 31.7 Å². The SMILES string of the molecule is O=C(O)CCCNC(=O)N1CCC(n2c(=O)[nH]c3ccccc32)CC1. The number of piperidine rings is 1. The Morgan fingerprint density at radius 2 is 1.96 bits per heavy atom. The van der Waals surface area contributed by atoms with E-state index in [2.05, 4.69) is 10.3 Å². The van der Waals surface area contributed by atoms with Gasteiger partial charge in [0.05, 0.1) is 11.0 Å². The van der Waals surface area contributed by atoms with Gasteiger partial charge in [-0.15, -0.1) is 0 Å². The van der Waals surface area contributed by atoms with Crippen LogP contribution < -0.4 is 11.0 Å². The number of rotatable bonds is 5.